The van der Waals surface area contributed by atoms with E-state index in [0.717, 1.165) is 80.0 Å². The van der Waals surface area contributed by atoms with Crippen LogP contribution in [0.2, 0.25) is 0 Å². The number of rotatable bonds is 4. The second kappa shape index (κ2) is 8.44. The van der Waals surface area contributed by atoms with Gasteiger partial charge in [0.25, 0.3) is 0 Å². The molecule has 2 aliphatic heterocycles. The molecule has 5 heterocycles. The van der Waals surface area contributed by atoms with Crippen LogP contribution in [0, 0.1) is 6.92 Å². The molecule has 2 fully saturated rings. The highest BCUT2D eigenvalue weighted by molar-refractivity contribution is 7.22. The Bertz CT molecular complexity index is 973. The molecule has 30 heavy (non-hydrogen) atoms. The molecular formula is C20H26N8S2. The van der Waals surface area contributed by atoms with E-state index in [1.54, 1.807) is 22.7 Å². The molecule has 10 heteroatoms. The molecule has 3 aromatic heterocycles. The maximum Gasteiger partial charge on any atom is 0.208 e. The van der Waals surface area contributed by atoms with Crippen molar-refractivity contribution < 1.29 is 0 Å². The normalized spacial score (nSPS) is 18.3. The summed E-state index contributed by atoms with van der Waals surface area (Å²) in [6.07, 6.45) is 0. The first-order valence-electron chi connectivity index (χ1n) is 10.3. The number of thiophene rings is 1. The molecule has 0 saturated carbocycles. The fraction of sp³-hybridized carbons (Fsp3) is 0.500. The number of nitrogens with zero attached hydrogens (tertiary/aromatic N) is 8. The van der Waals surface area contributed by atoms with Crippen LogP contribution in [-0.4, -0.2) is 84.5 Å². The van der Waals surface area contributed by atoms with Crippen molar-refractivity contribution in [3.05, 3.63) is 29.4 Å². The third-order valence-electron chi connectivity index (χ3n) is 5.66. The minimum Gasteiger partial charge on any atom is -0.354 e. The Hall–Kier alpha value is -2.30. The largest absolute Gasteiger partial charge is 0.354 e. The highest BCUT2D eigenvalue weighted by atomic mass is 32.1. The van der Waals surface area contributed by atoms with E-state index in [2.05, 4.69) is 60.4 Å². The third kappa shape index (κ3) is 4.12. The molecule has 0 N–H and O–H groups in total. The van der Waals surface area contributed by atoms with Crippen LogP contribution in [0.25, 0.3) is 9.88 Å². The van der Waals surface area contributed by atoms with E-state index in [4.69, 9.17) is 9.97 Å². The van der Waals surface area contributed by atoms with Gasteiger partial charge in [-0.3, -0.25) is 0 Å². The zero-order valence-corrected chi connectivity index (χ0v) is 19.0. The summed E-state index contributed by atoms with van der Waals surface area (Å²) in [5.74, 6) is 2.93. The predicted molar refractivity (Wildman–Crippen MR) is 124 cm³/mol. The molecular weight excluding hydrogens is 416 g/mol. The Morgan fingerprint density at radius 1 is 0.833 bits per heavy atom. The second-order valence-electron chi connectivity index (χ2n) is 7.76. The van der Waals surface area contributed by atoms with Crippen molar-refractivity contribution in [3.8, 4) is 9.88 Å². The van der Waals surface area contributed by atoms with E-state index in [9.17, 15) is 0 Å². The summed E-state index contributed by atoms with van der Waals surface area (Å²) in [5.41, 5.74) is 0. The molecule has 2 saturated heterocycles. The van der Waals surface area contributed by atoms with Crippen molar-refractivity contribution in [3.63, 3.8) is 0 Å². The fourth-order valence-electron chi connectivity index (χ4n) is 3.87. The summed E-state index contributed by atoms with van der Waals surface area (Å²) in [4.78, 5) is 20.1. The van der Waals surface area contributed by atoms with Gasteiger partial charge in [0.2, 0.25) is 5.13 Å². The SMILES string of the molecule is Cc1nc(N2CCN(C)CC2)cc(N2CCN(c3nnc(-c4cccs4)s3)CC2)n1. The van der Waals surface area contributed by atoms with Crippen molar-refractivity contribution in [1.82, 2.24) is 25.1 Å². The highest BCUT2D eigenvalue weighted by Gasteiger charge is 2.23. The molecule has 8 nitrogen and oxygen atoms in total. The number of hydrogen-bond acceptors (Lipinski definition) is 10. The summed E-state index contributed by atoms with van der Waals surface area (Å²) in [6.45, 7) is 9.87. The van der Waals surface area contributed by atoms with Crippen LogP contribution < -0.4 is 14.7 Å². The van der Waals surface area contributed by atoms with Gasteiger partial charge in [-0.05, 0) is 25.4 Å². The molecule has 0 radical (unpaired) electrons. The zero-order chi connectivity index (χ0) is 20.5. The maximum atomic E-state index is 4.74. The topological polar surface area (TPSA) is 64.5 Å². The molecule has 0 amide bonds. The summed E-state index contributed by atoms with van der Waals surface area (Å²) in [6, 6.07) is 6.32. The molecule has 0 spiro atoms. The number of hydrogen-bond donors (Lipinski definition) is 0. The second-order valence-corrected chi connectivity index (χ2v) is 9.67. The Balaban J connectivity index is 1.25. The van der Waals surface area contributed by atoms with Gasteiger partial charge in [0, 0.05) is 58.4 Å². The van der Waals surface area contributed by atoms with Crippen molar-refractivity contribution >= 4 is 39.4 Å². The summed E-state index contributed by atoms with van der Waals surface area (Å²) in [7, 11) is 2.18. The Kier molecular flexibility index (Phi) is 5.53. The summed E-state index contributed by atoms with van der Waals surface area (Å²) >= 11 is 3.39. The Morgan fingerprint density at radius 2 is 1.47 bits per heavy atom. The lowest BCUT2D eigenvalue weighted by molar-refractivity contribution is 0.312. The van der Waals surface area contributed by atoms with Gasteiger partial charge in [0.1, 0.15) is 17.5 Å². The van der Waals surface area contributed by atoms with Gasteiger partial charge in [-0.2, -0.15) is 0 Å². The van der Waals surface area contributed by atoms with Gasteiger partial charge >= 0.3 is 0 Å². The molecule has 0 aliphatic carbocycles. The zero-order valence-electron chi connectivity index (χ0n) is 17.4. The lowest BCUT2D eigenvalue weighted by atomic mass is 10.3. The van der Waals surface area contributed by atoms with Crippen molar-refractivity contribution in [2.75, 3.05) is 74.1 Å². The quantitative estimate of drug-likeness (QED) is 0.611. The van der Waals surface area contributed by atoms with E-state index < -0.39 is 0 Å². The van der Waals surface area contributed by atoms with Gasteiger partial charge < -0.3 is 19.6 Å². The summed E-state index contributed by atoms with van der Waals surface area (Å²) in [5, 5.41) is 12.9. The average molecular weight is 443 g/mol. The van der Waals surface area contributed by atoms with Crippen LogP contribution in [0.4, 0.5) is 16.8 Å². The smallest absolute Gasteiger partial charge is 0.208 e. The first-order chi connectivity index (χ1) is 14.7. The Morgan fingerprint density at radius 3 is 2.10 bits per heavy atom. The van der Waals surface area contributed by atoms with Crippen LogP contribution in [0.1, 0.15) is 5.82 Å². The number of likely N-dealkylation sites (N-methyl/N-ethyl adjacent to an activating group) is 1. The van der Waals surface area contributed by atoms with Crippen molar-refractivity contribution in [2.24, 2.45) is 0 Å². The molecule has 0 unspecified atom stereocenters. The van der Waals surface area contributed by atoms with Crippen LogP contribution in [-0.2, 0) is 0 Å². The van der Waals surface area contributed by atoms with E-state index >= 15 is 0 Å². The van der Waals surface area contributed by atoms with E-state index in [1.807, 2.05) is 6.92 Å². The number of piperazine rings is 2. The first-order valence-corrected chi connectivity index (χ1v) is 12.0. The van der Waals surface area contributed by atoms with E-state index in [1.165, 1.54) is 4.88 Å². The van der Waals surface area contributed by atoms with Crippen LogP contribution >= 0.6 is 22.7 Å². The summed E-state index contributed by atoms with van der Waals surface area (Å²) < 4.78 is 0. The number of aromatic nitrogens is 4. The molecule has 0 aromatic carbocycles. The average Bonchev–Trinajstić information content (AvgIpc) is 3.46. The lowest BCUT2D eigenvalue weighted by Crippen LogP contribution is -2.47. The van der Waals surface area contributed by atoms with Gasteiger partial charge in [-0.15, -0.1) is 21.5 Å². The van der Waals surface area contributed by atoms with Crippen LogP contribution in [0.3, 0.4) is 0 Å². The molecule has 0 bridgehead atoms. The van der Waals surface area contributed by atoms with Gasteiger partial charge in [0.05, 0.1) is 4.88 Å². The minimum absolute atomic E-state index is 0.841. The maximum absolute atomic E-state index is 4.74. The number of anilines is 3. The predicted octanol–water partition coefficient (Wildman–Crippen LogP) is 2.44. The van der Waals surface area contributed by atoms with Crippen LogP contribution in [0.5, 0.6) is 0 Å². The minimum atomic E-state index is 0.841. The first kappa shape index (κ1) is 19.7. The molecule has 0 atom stereocenters. The molecule has 5 rings (SSSR count). The number of aryl methyl sites for hydroxylation is 1. The van der Waals surface area contributed by atoms with Crippen LogP contribution in [0.15, 0.2) is 23.6 Å². The van der Waals surface area contributed by atoms with Crippen molar-refractivity contribution in [2.45, 2.75) is 6.92 Å². The standard InChI is InChI=1S/C20H26N8S2/c1-15-21-17(26-7-5-25(2)6-8-26)14-18(22-15)27-9-11-28(12-10-27)20-24-23-19(30-20)16-4-3-13-29-16/h3-4,13-14H,5-12H2,1-2H3. The van der Waals surface area contributed by atoms with Gasteiger partial charge in [-0.25, -0.2) is 9.97 Å². The highest BCUT2D eigenvalue weighted by Crippen LogP contribution is 2.32. The Labute approximate surface area is 184 Å². The van der Waals surface area contributed by atoms with E-state index in [-0.39, 0.29) is 0 Å². The molecule has 2 aliphatic rings. The molecule has 3 aromatic rings. The fourth-order valence-corrected chi connectivity index (χ4v) is 5.55. The lowest BCUT2D eigenvalue weighted by Gasteiger charge is -2.36. The molecule has 158 valence electrons. The van der Waals surface area contributed by atoms with Crippen molar-refractivity contribution in [1.29, 1.82) is 0 Å². The van der Waals surface area contributed by atoms with E-state index in [0.29, 0.717) is 0 Å². The van der Waals surface area contributed by atoms with Gasteiger partial charge in [0.15, 0.2) is 5.01 Å². The third-order valence-corrected chi connectivity index (χ3v) is 7.68. The monoisotopic (exact) mass is 442 g/mol. The van der Waals surface area contributed by atoms with Gasteiger partial charge in [-0.1, -0.05) is 17.4 Å².